The van der Waals surface area contributed by atoms with Gasteiger partial charge in [-0.3, -0.25) is 9.59 Å². The Morgan fingerprint density at radius 2 is 1.74 bits per heavy atom. The van der Waals surface area contributed by atoms with Crippen molar-refractivity contribution in [3.8, 4) is 11.4 Å². The lowest BCUT2D eigenvalue weighted by Crippen LogP contribution is -2.41. The van der Waals surface area contributed by atoms with E-state index in [1.807, 2.05) is 6.07 Å². The number of fused-ring (bicyclic) bond motifs is 1. The molecule has 0 spiro atoms. The first kappa shape index (κ1) is 23.5. The van der Waals surface area contributed by atoms with Crippen LogP contribution >= 0.6 is 11.6 Å². The highest BCUT2D eigenvalue weighted by molar-refractivity contribution is 6.33. The zero-order valence-corrected chi connectivity index (χ0v) is 20.1. The van der Waals surface area contributed by atoms with Crippen LogP contribution in [0.5, 0.6) is 0 Å². The van der Waals surface area contributed by atoms with E-state index < -0.39 is 0 Å². The van der Waals surface area contributed by atoms with E-state index in [2.05, 4.69) is 20.1 Å². The highest BCUT2D eigenvalue weighted by atomic mass is 35.5. The highest BCUT2D eigenvalue weighted by Crippen LogP contribution is 2.32. The molecule has 0 radical (unpaired) electrons. The SMILES string of the molecule is O=C(Nc1ccc(Cl)c(-c2nnc3n2CCCCC3)c1)C1CCN(C(=O)c2ccc(F)cc2)CC1. The van der Waals surface area contributed by atoms with E-state index in [4.69, 9.17) is 11.6 Å². The van der Waals surface area contributed by atoms with Gasteiger partial charge in [0.15, 0.2) is 5.82 Å². The number of aryl methyl sites for hydroxylation is 1. The quantitative estimate of drug-likeness (QED) is 0.555. The van der Waals surface area contributed by atoms with Crippen LogP contribution in [0, 0.1) is 11.7 Å². The standard InChI is InChI=1S/C26H27ClFN5O2/c27-22-10-9-20(16-21(22)24-31-30-23-4-2-1-3-13-33(23)24)29-25(34)17-11-14-32(15-12-17)26(35)18-5-7-19(28)8-6-18/h5-10,16-17H,1-4,11-15H2,(H,29,34). The van der Waals surface area contributed by atoms with Crippen LogP contribution in [0.3, 0.4) is 0 Å². The minimum atomic E-state index is -0.373. The van der Waals surface area contributed by atoms with Gasteiger partial charge >= 0.3 is 0 Å². The fraction of sp³-hybridized carbons (Fsp3) is 0.385. The predicted molar refractivity (Wildman–Crippen MR) is 132 cm³/mol. The largest absolute Gasteiger partial charge is 0.339 e. The van der Waals surface area contributed by atoms with E-state index in [0.29, 0.717) is 42.2 Å². The minimum Gasteiger partial charge on any atom is -0.339 e. The first-order chi connectivity index (χ1) is 17.0. The number of halogens is 2. The Hall–Kier alpha value is -3.26. The Bertz CT molecular complexity index is 1240. The van der Waals surface area contributed by atoms with E-state index >= 15 is 0 Å². The Morgan fingerprint density at radius 1 is 0.971 bits per heavy atom. The molecule has 3 heterocycles. The summed E-state index contributed by atoms with van der Waals surface area (Å²) in [6, 6.07) is 11.0. The van der Waals surface area contributed by atoms with Crippen molar-refractivity contribution in [3.05, 3.63) is 64.7 Å². The Labute approximate surface area is 208 Å². The number of rotatable bonds is 4. The second kappa shape index (κ2) is 10.2. The molecule has 2 aliphatic heterocycles. The molecule has 2 aromatic carbocycles. The lowest BCUT2D eigenvalue weighted by atomic mass is 9.95. The van der Waals surface area contributed by atoms with E-state index in [-0.39, 0.29) is 23.5 Å². The number of amides is 2. The molecule has 0 saturated carbocycles. The molecule has 5 rings (SSSR count). The molecule has 0 aliphatic carbocycles. The molecule has 1 fully saturated rings. The monoisotopic (exact) mass is 495 g/mol. The lowest BCUT2D eigenvalue weighted by molar-refractivity contribution is -0.121. The predicted octanol–water partition coefficient (Wildman–Crippen LogP) is 4.95. The van der Waals surface area contributed by atoms with E-state index in [9.17, 15) is 14.0 Å². The van der Waals surface area contributed by atoms with E-state index in [1.54, 1.807) is 17.0 Å². The molecule has 3 aromatic rings. The van der Waals surface area contributed by atoms with Crippen molar-refractivity contribution in [2.75, 3.05) is 18.4 Å². The number of carbonyl (C=O) groups excluding carboxylic acids is 2. The molecule has 0 bridgehead atoms. The summed E-state index contributed by atoms with van der Waals surface area (Å²) in [6.07, 6.45) is 5.39. The van der Waals surface area contributed by atoms with Crippen molar-refractivity contribution < 1.29 is 14.0 Å². The number of anilines is 1. The van der Waals surface area contributed by atoms with Gasteiger partial charge in [-0.25, -0.2) is 4.39 Å². The summed E-state index contributed by atoms with van der Waals surface area (Å²) >= 11 is 6.51. The average Bonchev–Trinajstić information content (AvgIpc) is 3.12. The normalized spacial score (nSPS) is 16.5. The van der Waals surface area contributed by atoms with Gasteiger partial charge in [0.2, 0.25) is 5.91 Å². The van der Waals surface area contributed by atoms with Gasteiger partial charge in [0.25, 0.3) is 5.91 Å². The maximum absolute atomic E-state index is 13.1. The molecule has 7 nitrogen and oxygen atoms in total. The molecule has 2 aliphatic rings. The summed E-state index contributed by atoms with van der Waals surface area (Å²) in [4.78, 5) is 27.4. The number of benzene rings is 2. The minimum absolute atomic E-state index is 0.0766. The first-order valence-corrected chi connectivity index (χ1v) is 12.4. The van der Waals surface area contributed by atoms with Crippen molar-refractivity contribution in [2.24, 2.45) is 5.92 Å². The van der Waals surface area contributed by atoms with Crippen LogP contribution < -0.4 is 5.32 Å². The number of nitrogens with one attached hydrogen (secondary N) is 1. The van der Waals surface area contributed by atoms with Gasteiger partial charge < -0.3 is 14.8 Å². The number of hydrogen-bond donors (Lipinski definition) is 1. The van der Waals surface area contributed by atoms with Gasteiger partial charge in [-0.2, -0.15) is 0 Å². The zero-order chi connectivity index (χ0) is 24.4. The molecule has 2 amide bonds. The van der Waals surface area contributed by atoms with Crippen molar-refractivity contribution >= 4 is 29.1 Å². The molecular weight excluding hydrogens is 469 g/mol. The van der Waals surface area contributed by atoms with Gasteiger partial charge in [-0.15, -0.1) is 10.2 Å². The molecule has 9 heteroatoms. The third kappa shape index (κ3) is 5.07. The molecule has 182 valence electrons. The lowest BCUT2D eigenvalue weighted by Gasteiger charge is -2.31. The topological polar surface area (TPSA) is 80.1 Å². The van der Waals surface area contributed by atoms with E-state index in [1.165, 1.54) is 30.7 Å². The van der Waals surface area contributed by atoms with Gasteiger partial charge in [0.1, 0.15) is 11.6 Å². The van der Waals surface area contributed by atoms with Gasteiger partial charge in [-0.1, -0.05) is 18.0 Å². The third-order valence-electron chi connectivity index (χ3n) is 6.83. The first-order valence-electron chi connectivity index (χ1n) is 12.1. The zero-order valence-electron chi connectivity index (χ0n) is 19.3. The van der Waals surface area contributed by atoms with Crippen molar-refractivity contribution in [2.45, 2.75) is 45.1 Å². The third-order valence-corrected chi connectivity index (χ3v) is 7.16. The fourth-order valence-corrected chi connectivity index (χ4v) is 5.02. The maximum Gasteiger partial charge on any atom is 0.253 e. The summed E-state index contributed by atoms with van der Waals surface area (Å²) in [5, 5.41) is 12.3. The molecule has 35 heavy (non-hydrogen) atoms. The molecule has 1 N–H and O–H groups in total. The van der Waals surface area contributed by atoms with Crippen LogP contribution in [-0.2, 0) is 17.8 Å². The maximum atomic E-state index is 13.1. The molecular formula is C26H27ClFN5O2. The van der Waals surface area contributed by atoms with Crippen LogP contribution in [0.15, 0.2) is 42.5 Å². The number of likely N-dealkylation sites (tertiary alicyclic amines) is 1. The van der Waals surface area contributed by atoms with Crippen molar-refractivity contribution in [3.63, 3.8) is 0 Å². The summed E-state index contributed by atoms with van der Waals surface area (Å²) < 4.78 is 15.3. The van der Waals surface area contributed by atoms with Crippen LogP contribution in [0.4, 0.5) is 10.1 Å². The molecule has 1 saturated heterocycles. The summed E-state index contributed by atoms with van der Waals surface area (Å²) in [5.74, 6) is 0.920. The molecule has 1 aromatic heterocycles. The second-order valence-electron chi connectivity index (χ2n) is 9.16. The number of carbonyl (C=O) groups is 2. The average molecular weight is 496 g/mol. The summed E-state index contributed by atoms with van der Waals surface area (Å²) in [5.41, 5.74) is 1.87. The molecule has 0 unspecified atom stereocenters. The van der Waals surface area contributed by atoms with Crippen LogP contribution in [0.1, 0.15) is 48.3 Å². The van der Waals surface area contributed by atoms with Gasteiger partial charge in [-0.05, 0) is 68.1 Å². The van der Waals surface area contributed by atoms with Gasteiger partial charge in [0, 0.05) is 48.8 Å². The number of nitrogens with zero attached hydrogens (tertiary/aromatic N) is 4. The number of hydrogen-bond acceptors (Lipinski definition) is 4. The van der Waals surface area contributed by atoms with Crippen molar-refractivity contribution in [1.29, 1.82) is 0 Å². The fourth-order valence-electron chi connectivity index (χ4n) is 4.82. The highest BCUT2D eigenvalue weighted by Gasteiger charge is 2.28. The number of aromatic nitrogens is 3. The van der Waals surface area contributed by atoms with Crippen molar-refractivity contribution in [1.82, 2.24) is 19.7 Å². The summed E-state index contributed by atoms with van der Waals surface area (Å²) in [7, 11) is 0. The Morgan fingerprint density at radius 3 is 2.51 bits per heavy atom. The van der Waals surface area contributed by atoms with E-state index in [0.717, 1.165) is 43.0 Å². The Balaban J connectivity index is 1.24. The van der Waals surface area contributed by atoms with Crippen LogP contribution in [0.25, 0.3) is 11.4 Å². The molecule has 0 atom stereocenters. The van der Waals surface area contributed by atoms with Crippen LogP contribution in [0.2, 0.25) is 5.02 Å². The Kier molecular flexibility index (Phi) is 6.81. The second-order valence-corrected chi connectivity index (χ2v) is 9.57. The number of piperidine rings is 1. The summed E-state index contributed by atoms with van der Waals surface area (Å²) in [6.45, 7) is 1.82. The smallest absolute Gasteiger partial charge is 0.253 e. The van der Waals surface area contributed by atoms with Gasteiger partial charge in [0.05, 0.1) is 5.02 Å². The van der Waals surface area contributed by atoms with Crippen LogP contribution in [-0.4, -0.2) is 44.6 Å².